The van der Waals surface area contributed by atoms with Gasteiger partial charge in [-0.25, -0.2) is 8.42 Å². The fraction of sp³-hybridized carbons (Fsp3) is 0.650. The highest BCUT2D eigenvalue weighted by atomic mass is 32.2. The van der Waals surface area contributed by atoms with Gasteiger partial charge in [-0.1, -0.05) is 25.3 Å². The van der Waals surface area contributed by atoms with E-state index in [-0.39, 0.29) is 29.0 Å². The van der Waals surface area contributed by atoms with Crippen LogP contribution in [0.2, 0.25) is 0 Å². The molecule has 1 saturated carbocycles. The lowest BCUT2D eigenvalue weighted by Gasteiger charge is -2.37. The molecule has 6 nitrogen and oxygen atoms in total. The van der Waals surface area contributed by atoms with Crippen molar-refractivity contribution in [3.63, 3.8) is 0 Å². The Kier molecular flexibility index (Phi) is 6.23. The first kappa shape index (κ1) is 20.3. The molecular formula is C20H30N2O4S. The molecule has 0 radical (unpaired) electrons. The van der Waals surface area contributed by atoms with Gasteiger partial charge in [0.05, 0.1) is 23.6 Å². The Morgan fingerprint density at radius 2 is 1.89 bits per heavy atom. The van der Waals surface area contributed by atoms with Crippen molar-refractivity contribution in [2.45, 2.75) is 69.0 Å². The largest absolute Gasteiger partial charge is 0.375 e. The monoisotopic (exact) mass is 394 g/mol. The summed E-state index contributed by atoms with van der Waals surface area (Å²) < 4.78 is 33.2. The van der Waals surface area contributed by atoms with E-state index in [1.165, 1.54) is 16.8 Å². The third-order valence-corrected chi connectivity index (χ3v) is 7.62. The van der Waals surface area contributed by atoms with E-state index in [9.17, 15) is 13.2 Å². The van der Waals surface area contributed by atoms with Crippen LogP contribution < -0.4 is 0 Å². The van der Waals surface area contributed by atoms with Crippen molar-refractivity contribution in [2.75, 3.05) is 20.2 Å². The Balaban J connectivity index is 1.83. The van der Waals surface area contributed by atoms with Crippen LogP contribution in [0.25, 0.3) is 0 Å². The zero-order valence-electron chi connectivity index (χ0n) is 16.4. The van der Waals surface area contributed by atoms with E-state index in [2.05, 4.69) is 0 Å². The van der Waals surface area contributed by atoms with E-state index < -0.39 is 10.0 Å². The standard InChI is InChI=1S/C20H30N2O4S/c1-15-14-26-16(2)13-22(15)20(23)17-8-7-11-19(12-17)27(24,25)21(3)18-9-5-4-6-10-18/h7-8,11-12,15-16,18H,4-6,9-10,13-14H2,1-3H3. The van der Waals surface area contributed by atoms with Crippen LogP contribution in [0.4, 0.5) is 0 Å². The summed E-state index contributed by atoms with van der Waals surface area (Å²) in [4.78, 5) is 14.9. The number of sulfonamides is 1. The van der Waals surface area contributed by atoms with Gasteiger partial charge in [0.2, 0.25) is 10.0 Å². The minimum absolute atomic E-state index is 0.0190. The van der Waals surface area contributed by atoms with Crippen LogP contribution in [-0.2, 0) is 14.8 Å². The van der Waals surface area contributed by atoms with Gasteiger partial charge < -0.3 is 9.64 Å². The third kappa shape index (κ3) is 4.36. The van der Waals surface area contributed by atoms with Gasteiger partial charge in [0, 0.05) is 25.2 Å². The zero-order chi connectivity index (χ0) is 19.6. The smallest absolute Gasteiger partial charge is 0.254 e. The second-order valence-corrected chi connectivity index (χ2v) is 9.79. The molecule has 1 aromatic rings. The summed E-state index contributed by atoms with van der Waals surface area (Å²) in [5.41, 5.74) is 0.411. The van der Waals surface area contributed by atoms with Crippen LogP contribution in [0.5, 0.6) is 0 Å². The van der Waals surface area contributed by atoms with Gasteiger partial charge in [-0.2, -0.15) is 4.31 Å². The number of hydrogen-bond donors (Lipinski definition) is 0. The van der Waals surface area contributed by atoms with Crippen LogP contribution >= 0.6 is 0 Å². The van der Waals surface area contributed by atoms with Crippen molar-refractivity contribution in [1.29, 1.82) is 0 Å². The van der Waals surface area contributed by atoms with E-state index >= 15 is 0 Å². The van der Waals surface area contributed by atoms with Gasteiger partial charge in [0.25, 0.3) is 5.91 Å². The number of nitrogens with zero attached hydrogens (tertiary/aromatic N) is 2. The van der Waals surface area contributed by atoms with Crippen molar-refractivity contribution in [3.05, 3.63) is 29.8 Å². The van der Waals surface area contributed by atoms with Gasteiger partial charge in [-0.3, -0.25) is 4.79 Å². The molecule has 150 valence electrons. The van der Waals surface area contributed by atoms with E-state index in [0.29, 0.717) is 18.7 Å². The molecule has 0 N–H and O–H groups in total. The van der Waals surface area contributed by atoms with Gasteiger partial charge in [-0.15, -0.1) is 0 Å². The molecule has 1 amide bonds. The normalized spacial score (nSPS) is 25.0. The summed E-state index contributed by atoms with van der Waals surface area (Å²) in [6.45, 7) is 4.89. The summed E-state index contributed by atoms with van der Waals surface area (Å²) in [7, 11) is -1.95. The number of amides is 1. The second-order valence-electron chi connectivity index (χ2n) is 7.79. The first-order valence-corrected chi connectivity index (χ1v) is 11.3. The lowest BCUT2D eigenvalue weighted by molar-refractivity contribution is -0.0387. The molecule has 1 aliphatic carbocycles. The molecule has 1 aliphatic heterocycles. The Bertz CT molecular complexity index is 774. The SMILES string of the molecule is CC1CN(C(=O)c2cccc(S(=O)(=O)N(C)C3CCCCC3)c2)C(C)CO1. The molecule has 1 heterocycles. The first-order valence-electron chi connectivity index (χ1n) is 9.81. The summed E-state index contributed by atoms with van der Waals surface area (Å²) in [6, 6.07) is 6.46. The molecule has 1 saturated heterocycles. The lowest BCUT2D eigenvalue weighted by atomic mass is 9.96. The van der Waals surface area contributed by atoms with Crippen LogP contribution in [-0.4, -0.2) is 61.9 Å². The Labute approximate surface area is 162 Å². The summed E-state index contributed by atoms with van der Waals surface area (Å²) >= 11 is 0. The summed E-state index contributed by atoms with van der Waals surface area (Å²) in [5.74, 6) is -0.144. The maximum absolute atomic E-state index is 13.1. The van der Waals surface area contributed by atoms with E-state index in [4.69, 9.17) is 4.74 Å². The quantitative estimate of drug-likeness (QED) is 0.788. The third-order valence-electron chi connectivity index (χ3n) is 5.72. The maximum Gasteiger partial charge on any atom is 0.254 e. The van der Waals surface area contributed by atoms with Crippen LogP contribution in [0.3, 0.4) is 0 Å². The molecule has 1 aromatic carbocycles. The molecule has 0 aromatic heterocycles. The van der Waals surface area contributed by atoms with E-state index in [0.717, 1.165) is 25.7 Å². The Hall–Kier alpha value is -1.44. The van der Waals surface area contributed by atoms with Crippen molar-refractivity contribution >= 4 is 15.9 Å². The van der Waals surface area contributed by atoms with Crippen molar-refractivity contribution < 1.29 is 17.9 Å². The molecule has 2 aliphatic rings. The van der Waals surface area contributed by atoms with E-state index in [1.807, 2.05) is 13.8 Å². The molecule has 3 rings (SSSR count). The zero-order valence-corrected chi connectivity index (χ0v) is 17.2. The summed E-state index contributed by atoms with van der Waals surface area (Å²) in [6.07, 6.45) is 5.08. The van der Waals surface area contributed by atoms with Gasteiger partial charge in [0.1, 0.15) is 0 Å². The fourth-order valence-corrected chi connectivity index (χ4v) is 5.41. The highest BCUT2D eigenvalue weighted by molar-refractivity contribution is 7.89. The van der Waals surface area contributed by atoms with Crippen molar-refractivity contribution in [2.24, 2.45) is 0 Å². The molecule has 7 heteroatoms. The minimum atomic E-state index is -3.61. The molecule has 2 fully saturated rings. The average Bonchev–Trinajstić information content (AvgIpc) is 2.69. The number of morpholine rings is 1. The van der Waals surface area contributed by atoms with Crippen molar-refractivity contribution in [1.82, 2.24) is 9.21 Å². The van der Waals surface area contributed by atoms with E-state index in [1.54, 1.807) is 30.1 Å². The molecular weight excluding hydrogens is 364 g/mol. The van der Waals surface area contributed by atoms with Crippen molar-refractivity contribution in [3.8, 4) is 0 Å². The van der Waals surface area contributed by atoms with Crippen LogP contribution in [0.1, 0.15) is 56.3 Å². The number of hydrogen-bond acceptors (Lipinski definition) is 4. The first-order chi connectivity index (χ1) is 12.8. The molecule has 27 heavy (non-hydrogen) atoms. The summed E-state index contributed by atoms with van der Waals surface area (Å²) in [5, 5.41) is 0. The number of benzene rings is 1. The average molecular weight is 395 g/mol. The number of carbonyl (C=O) groups excluding carboxylic acids is 1. The van der Waals surface area contributed by atoms with Gasteiger partial charge in [0.15, 0.2) is 0 Å². The second kappa shape index (κ2) is 8.29. The molecule has 2 unspecified atom stereocenters. The van der Waals surface area contributed by atoms with Crippen LogP contribution in [0.15, 0.2) is 29.2 Å². The molecule has 0 spiro atoms. The van der Waals surface area contributed by atoms with Crippen LogP contribution in [0, 0.1) is 0 Å². The fourth-order valence-electron chi connectivity index (χ4n) is 3.95. The minimum Gasteiger partial charge on any atom is -0.375 e. The predicted molar refractivity (Wildman–Crippen MR) is 104 cm³/mol. The number of ether oxygens (including phenoxy) is 1. The molecule has 2 atom stereocenters. The van der Waals surface area contributed by atoms with Gasteiger partial charge in [-0.05, 0) is 44.9 Å². The van der Waals surface area contributed by atoms with Gasteiger partial charge >= 0.3 is 0 Å². The number of rotatable bonds is 4. The lowest BCUT2D eigenvalue weighted by Crippen LogP contribution is -2.50. The topological polar surface area (TPSA) is 66.9 Å². The highest BCUT2D eigenvalue weighted by Crippen LogP contribution is 2.27. The highest BCUT2D eigenvalue weighted by Gasteiger charge is 2.31. The molecule has 0 bridgehead atoms. The Morgan fingerprint density at radius 3 is 2.59 bits per heavy atom. The predicted octanol–water partition coefficient (Wildman–Crippen LogP) is 2.89. The number of carbonyl (C=O) groups is 1. The maximum atomic E-state index is 13.1. The Morgan fingerprint density at radius 1 is 1.19 bits per heavy atom.